The number of hydrogen-bond acceptors (Lipinski definition) is 4. The Morgan fingerprint density at radius 3 is 0.952 bits per heavy atom. The highest BCUT2D eigenvalue weighted by molar-refractivity contribution is 7.26. The maximum absolute atomic E-state index is 2.61. The number of thiophene rings is 4. The minimum Gasteiger partial charge on any atom is -0.134 e. The molecular weight excluding hydrogens is 1090 g/mol. The van der Waals surface area contributed by atoms with Crippen molar-refractivity contribution >= 4 is 66.9 Å². The second-order valence-electron chi connectivity index (χ2n) is 22.4. The summed E-state index contributed by atoms with van der Waals surface area (Å²) < 4.78 is 0. The van der Waals surface area contributed by atoms with E-state index in [0.717, 1.165) is 0 Å². The lowest BCUT2D eigenvalue weighted by Gasteiger charge is -2.49. The lowest BCUT2D eigenvalue weighted by atomic mass is 9.52. The van der Waals surface area contributed by atoms with Gasteiger partial charge in [-0.3, -0.25) is 0 Å². The minimum atomic E-state index is -0.588. The average Bonchev–Trinajstić information content (AvgIpc) is 1.46. The predicted octanol–water partition coefficient (Wildman–Crippen LogP) is 22.9. The molecule has 0 saturated heterocycles. The van der Waals surface area contributed by atoms with E-state index in [1.54, 1.807) is 0 Å². The van der Waals surface area contributed by atoms with E-state index >= 15 is 0 Å². The quantitative estimate of drug-likeness (QED) is 0.140. The molecule has 0 bridgehead atoms. The Labute approximate surface area is 504 Å². The number of hydrogen-bond donors (Lipinski definition) is 0. The van der Waals surface area contributed by atoms with Crippen molar-refractivity contribution in [3.8, 4) is 94.7 Å². The topological polar surface area (TPSA) is 0 Å². The monoisotopic (exact) mass is 1140 g/mol. The molecule has 15 aromatic rings. The first kappa shape index (κ1) is 48.3. The second-order valence-corrected chi connectivity index (χ2v) is 26.8. The van der Waals surface area contributed by atoms with E-state index in [-0.39, 0.29) is 0 Å². The van der Waals surface area contributed by atoms with E-state index in [9.17, 15) is 0 Å². The van der Waals surface area contributed by atoms with Crippen LogP contribution in [0.1, 0.15) is 44.5 Å². The third-order valence-electron chi connectivity index (χ3n) is 18.3. The first-order chi connectivity index (χ1) is 41.6. The van der Waals surface area contributed by atoms with Crippen LogP contribution in [0, 0.1) is 0 Å². The summed E-state index contributed by atoms with van der Waals surface area (Å²) in [5.74, 6) is 0. The van der Waals surface area contributed by atoms with Crippen molar-refractivity contribution < 1.29 is 0 Å². The molecule has 0 N–H and O–H groups in total. The molecule has 4 heteroatoms. The van der Waals surface area contributed by atoms with Crippen LogP contribution in [0.4, 0.5) is 0 Å². The smallest absolute Gasteiger partial charge is 0.0720 e. The summed E-state index contributed by atoms with van der Waals surface area (Å²) in [7, 11) is 0. The first-order valence-corrected chi connectivity index (χ1v) is 32.1. The van der Waals surface area contributed by atoms with Gasteiger partial charge in [0, 0.05) is 50.1 Å². The Bertz CT molecular complexity index is 5070. The van der Waals surface area contributed by atoms with Gasteiger partial charge in [0.1, 0.15) is 0 Å². The van der Waals surface area contributed by atoms with Crippen molar-refractivity contribution in [2.24, 2.45) is 0 Å². The largest absolute Gasteiger partial charge is 0.134 e. The molecule has 4 aromatic heterocycles. The van der Waals surface area contributed by atoms with Crippen LogP contribution in [0.5, 0.6) is 0 Å². The van der Waals surface area contributed by atoms with Gasteiger partial charge < -0.3 is 0 Å². The van der Waals surface area contributed by atoms with E-state index in [1.807, 2.05) is 45.3 Å². The van der Waals surface area contributed by atoms with Gasteiger partial charge in [-0.2, -0.15) is 0 Å². The third-order valence-corrected chi connectivity index (χ3v) is 23.2. The molecule has 4 heterocycles. The number of rotatable bonds is 7. The van der Waals surface area contributed by atoms with Gasteiger partial charge in [-0.15, -0.1) is 45.3 Å². The maximum Gasteiger partial charge on any atom is 0.0720 e. The van der Waals surface area contributed by atoms with Crippen molar-refractivity contribution in [2.75, 3.05) is 0 Å². The van der Waals surface area contributed by atoms with Crippen LogP contribution in [-0.2, 0) is 10.8 Å². The van der Waals surface area contributed by atoms with Crippen molar-refractivity contribution in [1.82, 2.24) is 0 Å². The van der Waals surface area contributed by atoms with Gasteiger partial charge in [-0.1, -0.05) is 231 Å². The molecule has 84 heavy (non-hydrogen) atoms. The Kier molecular flexibility index (Phi) is 10.7. The summed E-state index contributed by atoms with van der Waals surface area (Å²) in [5.41, 5.74) is 22.3. The zero-order valence-corrected chi connectivity index (χ0v) is 48.6. The van der Waals surface area contributed by atoms with E-state index in [2.05, 4.69) is 291 Å². The van der Waals surface area contributed by atoms with E-state index < -0.39 is 10.8 Å². The average molecular weight is 1140 g/mol. The highest BCUT2D eigenvalue weighted by Crippen LogP contribution is 2.68. The molecule has 0 unspecified atom stereocenters. The molecule has 2 spiro atoms. The molecule has 3 aliphatic rings. The summed E-state index contributed by atoms with van der Waals surface area (Å²) in [6, 6.07) is 111. The standard InChI is InChI=1S/C80H48S4/c1-3-19-49(20-4-1)69-39-41-71(81-69)73-43-45-75(83-73)77-57-27-7-8-28-58(57)78(76-46-44-74(84-76)72-42-40-70(82-72)50-21-5-2-6-22-50)60-47-51(35-37-59(60)77)52-36-38-67-68(48-52)80(63-31-15-11-25-55(63)56-26-12-16-32-64(56)80)66-34-18-17-33-65(66)79(67)61-29-13-9-23-53(61)54-24-10-14-30-62(54)79/h1-48H. The summed E-state index contributed by atoms with van der Waals surface area (Å²) in [5, 5.41) is 5.05. The van der Waals surface area contributed by atoms with Gasteiger partial charge in [-0.25, -0.2) is 0 Å². The van der Waals surface area contributed by atoms with Crippen molar-refractivity contribution in [3.05, 3.63) is 336 Å². The first-order valence-electron chi connectivity index (χ1n) is 28.8. The minimum absolute atomic E-state index is 0.549. The molecule has 0 atom stereocenters. The molecule has 0 saturated carbocycles. The van der Waals surface area contributed by atoms with Gasteiger partial charge in [-0.05, 0) is 171 Å². The molecule has 11 aromatic carbocycles. The normalized spacial score (nSPS) is 13.7. The molecule has 0 nitrogen and oxygen atoms in total. The van der Waals surface area contributed by atoms with E-state index in [1.165, 1.54) is 161 Å². The number of fused-ring (bicyclic) bond motifs is 18. The van der Waals surface area contributed by atoms with Gasteiger partial charge in [0.25, 0.3) is 0 Å². The SMILES string of the molecule is c1ccc(-c2ccc(-c3ccc(-c4c5ccccc5c(-c5ccc(-c6ccc(-c7ccccc7)s6)s5)c5cc(-c6ccc7c(c6)C6(c8ccccc8-c8ccccc86)c6ccccc6C76c7ccccc7-c7ccccc76)ccc45)s3)s2)cc1. The highest BCUT2D eigenvalue weighted by atomic mass is 32.1. The molecule has 0 aliphatic heterocycles. The molecule has 0 fully saturated rings. The molecule has 0 amide bonds. The summed E-state index contributed by atoms with van der Waals surface area (Å²) in [4.78, 5) is 10.3. The van der Waals surface area contributed by atoms with Crippen LogP contribution in [0.3, 0.4) is 0 Å². The summed E-state index contributed by atoms with van der Waals surface area (Å²) in [6.07, 6.45) is 0. The zero-order chi connectivity index (χ0) is 55.1. The van der Waals surface area contributed by atoms with E-state index in [0.29, 0.717) is 0 Å². The van der Waals surface area contributed by atoms with Crippen LogP contribution in [-0.4, -0.2) is 0 Å². The lowest BCUT2D eigenvalue weighted by molar-refractivity contribution is 0.633. The third kappa shape index (κ3) is 6.79. The number of benzene rings is 11. The van der Waals surface area contributed by atoms with Gasteiger partial charge in [0.05, 0.1) is 10.8 Å². The summed E-state index contributed by atoms with van der Waals surface area (Å²) >= 11 is 7.56. The van der Waals surface area contributed by atoms with Crippen LogP contribution < -0.4 is 0 Å². The maximum atomic E-state index is 2.61. The Morgan fingerprint density at radius 1 is 0.179 bits per heavy atom. The Balaban J connectivity index is 0.888. The van der Waals surface area contributed by atoms with Crippen LogP contribution in [0.25, 0.3) is 116 Å². The second kappa shape index (κ2) is 18.6. The van der Waals surface area contributed by atoms with Crippen molar-refractivity contribution in [3.63, 3.8) is 0 Å². The summed E-state index contributed by atoms with van der Waals surface area (Å²) in [6.45, 7) is 0. The fourth-order valence-corrected chi connectivity index (χ4v) is 19.3. The van der Waals surface area contributed by atoms with Crippen LogP contribution in [0.2, 0.25) is 0 Å². The molecule has 18 rings (SSSR count). The van der Waals surface area contributed by atoms with Gasteiger partial charge in [0.2, 0.25) is 0 Å². The van der Waals surface area contributed by atoms with Gasteiger partial charge in [0.15, 0.2) is 0 Å². The van der Waals surface area contributed by atoms with Crippen LogP contribution >= 0.6 is 45.3 Å². The van der Waals surface area contributed by atoms with Gasteiger partial charge >= 0.3 is 0 Å². The van der Waals surface area contributed by atoms with E-state index in [4.69, 9.17) is 0 Å². The van der Waals surface area contributed by atoms with Crippen LogP contribution in [0.15, 0.2) is 291 Å². The predicted molar refractivity (Wildman–Crippen MR) is 359 cm³/mol. The van der Waals surface area contributed by atoms with Crippen molar-refractivity contribution in [2.45, 2.75) is 10.8 Å². The molecule has 3 aliphatic carbocycles. The van der Waals surface area contributed by atoms with Crippen molar-refractivity contribution in [1.29, 1.82) is 0 Å². The molecule has 0 radical (unpaired) electrons. The Morgan fingerprint density at radius 2 is 0.488 bits per heavy atom. The molecule has 392 valence electrons. The highest BCUT2D eigenvalue weighted by Gasteiger charge is 2.59. The fraction of sp³-hybridized carbons (Fsp3) is 0.0250. The Hall–Kier alpha value is -9.26. The lowest BCUT2D eigenvalue weighted by Crippen LogP contribution is -2.43. The molecular formula is C80H48S4. The zero-order valence-electron chi connectivity index (χ0n) is 45.3. The fourth-order valence-electron chi connectivity index (χ4n) is 15.0.